The molecule has 34 heavy (non-hydrogen) atoms. The summed E-state index contributed by atoms with van der Waals surface area (Å²) in [5.74, 6) is -0.595. The summed E-state index contributed by atoms with van der Waals surface area (Å²) in [4.78, 5) is 19.5. The number of halogens is 1. The highest BCUT2D eigenvalue weighted by atomic mass is 32.2. The van der Waals surface area contributed by atoms with Crippen LogP contribution in [0.1, 0.15) is 48.2 Å². The molecule has 0 aliphatic carbocycles. The Bertz CT molecular complexity index is 1150. The summed E-state index contributed by atoms with van der Waals surface area (Å²) in [5.41, 5.74) is 2.15. The van der Waals surface area contributed by atoms with E-state index in [1.54, 1.807) is 36.1 Å². The highest BCUT2D eigenvalue weighted by Gasteiger charge is 2.28. The molecule has 0 radical (unpaired) electrons. The van der Waals surface area contributed by atoms with Crippen molar-refractivity contribution in [3.05, 3.63) is 53.3 Å². The number of benzene rings is 2. The number of hydrogen-bond acceptors (Lipinski definition) is 6. The fourth-order valence-electron chi connectivity index (χ4n) is 4.69. The largest absolute Gasteiger partial charge is 0.389 e. The zero-order chi connectivity index (χ0) is 24.5. The molecular weight excluding hydrogens is 457 g/mol. The monoisotopic (exact) mass is 489 g/mol. The maximum absolute atomic E-state index is 14.6. The summed E-state index contributed by atoms with van der Waals surface area (Å²) in [6.07, 6.45) is 3.64. The van der Waals surface area contributed by atoms with Crippen molar-refractivity contribution >= 4 is 27.1 Å². The topological polar surface area (TPSA) is 81.2 Å². The number of piperidine rings is 1. The number of sulfone groups is 1. The molecule has 2 fully saturated rings. The Morgan fingerprint density at radius 2 is 1.53 bits per heavy atom. The van der Waals surface area contributed by atoms with E-state index in [-0.39, 0.29) is 10.8 Å². The number of carbonyl (C=O) groups excluding carboxylic acids is 1. The van der Waals surface area contributed by atoms with E-state index in [0.29, 0.717) is 43.0 Å². The molecule has 2 saturated heterocycles. The lowest BCUT2D eigenvalue weighted by Crippen LogP contribution is -2.49. The third-order valence-electron chi connectivity index (χ3n) is 6.69. The minimum absolute atomic E-state index is 0.135. The Kier molecular flexibility index (Phi) is 7.14. The lowest BCUT2D eigenvalue weighted by Gasteiger charge is -2.37. The Hall–Kier alpha value is -2.65. The van der Waals surface area contributed by atoms with Crippen molar-refractivity contribution in [2.75, 3.05) is 55.3 Å². The van der Waals surface area contributed by atoms with E-state index < -0.39 is 21.8 Å². The van der Waals surface area contributed by atoms with Crippen LogP contribution in [-0.2, 0) is 9.84 Å². The molecule has 0 bridgehead atoms. The zero-order valence-electron chi connectivity index (χ0n) is 19.7. The van der Waals surface area contributed by atoms with Crippen LogP contribution >= 0.6 is 0 Å². The summed E-state index contributed by atoms with van der Waals surface area (Å²) in [7, 11) is -3.45. The van der Waals surface area contributed by atoms with Crippen LogP contribution in [0.4, 0.5) is 15.8 Å². The molecule has 2 aromatic carbocycles. The number of aliphatic hydroxyl groups excluding tert-OH is 1. The molecule has 1 N–H and O–H groups in total. The molecular formula is C25H32FN3O4S. The first kappa shape index (κ1) is 24.5. The van der Waals surface area contributed by atoms with Gasteiger partial charge in [-0.3, -0.25) is 4.79 Å². The van der Waals surface area contributed by atoms with Gasteiger partial charge in [0.15, 0.2) is 9.84 Å². The van der Waals surface area contributed by atoms with Crippen molar-refractivity contribution in [2.45, 2.75) is 37.2 Å². The van der Waals surface area contributed by atoms with Gasteiger partial charge in [0.05, 0.1) is 22.3 Å². The van der Waals surface area contributed by atoms with Crippen molar-refractivity contribution in [3.63, 3.8) is 0 Å². The SMILES string of the molecule is CC(O)c1ccc(N2CCN(C(=O)c3cc(S(C)(=O)=O)ccc3N3CCCCC3)CC2)c(F)c1. The molecule has 1 atom stereocenters. The van der Waals surface area contributed by atoms with Crippen molar-refractivity contribution in [3.8, 4) is 0 Å². The highest BCUT2D eigenvalue weighted by Crippen LogP contribution is 2.29. The third-order valence-corrected chi connectivity index (χ3v) is 7.80. The molecule has 2 aliphatic heterocycles. The number of hydrogen-bond donors (Lipinski definition) is 1. The summed E-state index contributed by atoms with van der Waals surface area (Å²) < 4.78 is 39.0. The number of nitrogens with zero attached hydrogens (tertiary/aromatic N) is 3. The fourth-order valence-corrected chi connectivity index (χ4v) is 5.34. The van der Waals surface area contributed by atoms with E-state index >= 15 is 0 Å². The van der Waals surface area contributed by atoms with Gasteiger partial charge in [0.1, 0.15) is 5.82 Å². The van der Waals surface area contributed by atoms with Crippen LogP contribution in [0.25, 0.3) is 0 Å². The standard InChI is InChI=1S/C25H32FN3O4S/c1-18(30)19-6-8-24(22(26)16-19)28-12-14-29(15-13-28)25(31)21-17-20(34(2,32)33)7-9-23(21)27-10-4-3-5-11-27/h6-9,16-18,30H,3-5,10-15H2,1-2H3. The van der Waals surface area contributed by atoms with Gasteiger partial charge in [-0.1, -0.05) is 6.07 Å². The van der Waals surface area contributed by atoms with Crippen molar-refractivity contribution in [2.24, 2.45) is 0 Å². The van der Waals surface area contributed by atoms with E-state index in [2.05, 4.69) is 4.90 Å². The molecule has 0 spiro atoms. The second-order valence-corrected chi connectivity index (χ2v) is 11.2. The van der Waals surface area contributed by atoms with Gasteiger partial charge in [-0.15, -0.1) is 0 Å². The average molecular weight is 490 g/mol. The van der Waals surface area contributed by atoms with Crippen molar-refractivity contribution < 1.29 is 22.7 Å². The predicted molar refractivity (Wildman–Crippen MR) is 131 cm³/mol. The molecule has 2 heterocycles. The number of carbonyl (C=O) groups is 1. The molecule has 4 rings (SSSR count). The minimum Gasteiger partial charge on any atom is -0.389 e. The summed E-state index contributed by atoms with van der Waals surface area (Å²) in [6, 6.07) is 9.56. The molecule has 9 heteroatoms. The highest BCUT2D eigenvalue weighted by molar-refractivity contribution is 7.90. The fraction of sp³-hybridized carbons (Fsp3) is 0.480. The summed E-state index contributed by atoms with van der Waals surface area (Å²) >= 11 is 0. The molecule has 0 aromatic heterocycles. The van der Waals surface area contributed by atoms with Crippen LogP contribution in [0.2, 0.25) is 0 Å². The van der Waals surface area contributed by atoms with Gasteiger partial charge in [0.25, 0.3) is 5.91 Å². The molecule has 0 saturated carbocycles. The quantitative estimate of drug-likeness (QED) is 0.695. The first-order chi connectivity index (χ1) is 16.1. The van der Waals surface area contributed by atoms with Gasteiger partial charge in [0, 0.05) is 51.2 Å². The van der Waals surface area contributed by atoms with E-state index in [4.69, 9.17) is 0 Å². The average Bonchev–Trinajstić information content (AvgIpc) is 2.83. The number of aliphatic hydroxyl groups is 1. The second kappa shape index (κ2) is 9.92. The van der Waals surface area contributed by atoms with Crippen molar-refractivity contribution in [1.82, 2.24) is 4.90 Å². The molecule has 7 nitrogen and oxygen atoms in total. The van der Waals surface area contributed by atoms with Crippen LogP contribution < -0.4 is 9.80 Å². The maximum atomic E-state index is 14.6. The van der Waals surface area contributed by atoms with E-state index in [1.807, 2.05) is 4.90 Å². The van der Waals surface area contributed by atoms with Crippen LogP contribution in [0, 0.1) is 5.82 Å². The molecule has 2 aromatic rings. The lowest BCUT2D eigenvalue weighted by molar-refractivity contribution is 0.0747. The van der Waals surface area contributed by atoms with Crippen LogP contribution in [0.5, 0.6) is 0 Å². The normalized spacial score (nSPS) is 18.2. The third kappa shape index (κ3) is 5.20. The number of anilines is 2. The molecule has 1 unspecified atom stereocenters. The molecule has 184 valence electrons. The zero-order valence-corrected chi connectivity index (χ0v) is 20.5. The maximum Gasteiger partial charge on any atom is 0.256 e. The van der Waals surface area contributed by atoms with E-state index in [9.17, 15) is 22.7 Å². The van der Waals surface area contributed by atoms with Gasteiger partial charge in [0.2, 0.25) is 0 Å². The predicted octanol–water partition coefficient (Wildman–Crippen LogP) is 3.24. The first-order valence-corrected chi connectivity index (χ1v) is 13.6. The lowest BCUT2D eigenvalue weighted by atomic mass is 10.1. The van der Waals surface area contributed by atoms with E-state index in [0.717, 1.165) is 44.3 Å². The molecule has 1 amide bonds. The van der Waals surface area contributed by atoms with Crippen molar-refractivity contribution in [1.29, 1.82) is 0 Å². The number of amides is 1. The van der Waals surface area contributed by atoms with Gasteiger partial charge in [-0.05, 0) is 62.1 Å². The smallest absolute Gasteiger partial charge is 0.256 e. The Labute approximate surface area is 200 Å². The Morgan fingerprint density at radius 1 is 0.912 bits per heavy atom. The summed E-state index contributed by atoms with van der Waals surface area (Å²) in [5, 5.41) is 9.67. The number of piperazine rings is 1. The van der Waals surface area contributed by atoms with E-state index in [1.165, 1.54) is 12.1 Å². The van der Waals surface area contributed by atoms with Gasteiger partial charge < -0.3 is 19.8 Å². The van der Waals surface area contributed by atoms with Crippen LogP contribution in [-0.4, -0.2) is 69.9 Å². The Morgan fingerprint density at radius 3 is 2.12 bits per heavy atom. The van der Waals surface area contributed by atoms with Crippen LogP contribution in [0.15, 0.2) is 41.3 Å². The van der Waals surface area contributed by atoms with Gasteiger partial charge in [-0.25, -0.2) is 12.8 Å². The van der Waals surface area contributed by atoms with Gasteiger partial charge in [-0.2, -0.15) is 0 Å². The number of rotatable bonds is 5. The summed E-state index contributed by atoms with van der Waals surface area (Å²) in [6.45, 7) is 5.00. The van der Waals surface area contributed by atoms with Crippen LogP contribution in [0.3, 0.4) is 0 Å². The minimum atomic E-state index is -3.45. The first-order valence-electron chi connectivity index (χ1n) is 11.8. The second-order valence-electron chi connectivity index (χ2n) is 9.16. The van der Waals surface area contributed by atoms with Gasteiger partial charge >= 0.3 is 0 Å². The molecule has 2 aliphatic rings. The Balaban J connectivity index is 1.54.